The summed E-state index contributed by atoms with van der Waals surface area (Å²) in [5.74, 6) is 0.970. The number of hydrogen-bond donors (Lipinski definition) is 1. The Balaban J connectivity index is 1.12. The van der Waals surface area contributed by atoms with Gasteiger partial charge in [0.2, 0.25) is 0 Å². The van der Waals surface area contributed by atoms with E-state index in [1.807, 2.05) is 28.0 Å². The van der Waals surface area contributed by atoms with Crippen molar-refractivity contribution in [3.05, 3.63) is 52.5 Å². The molecule has 2 aliphatic heterocycles. The Hall–Kier alpha value is -3.13. The smallest absolute Gasteiger partial charge is 0.260 e. The van der Waals surface area contributed by atoms with Crippen LogP contribution in [0, 0.1) is 5.41 Å². The highest BCUT2D eigenvalue weighted by molar-refractivity contribution is 6.30. The fraction of sp³-hybridized carbons (Fsp3) is 0.440. The number of fused-ring (bicyclic) bond motifs is 1. The standard InChI is InChI=1S/C25H28ClN5O3/c1-16(2)19-12-18(26)4-6-22(19)34-13-23(32)30-9-7-25(8-10-30)14-31(15-25)24(33)17-3-5-20-21(11-17)28-29-27-20/h3-6,11-12,16H,7-10,13-15H2,1-2H3,(H,27,28,29). The number of piperidine rings is 1. The molecule has 2 saturated heterocycles. The normalized spacial score (nSPS) is 17.3. The minimum Gasteiger partial charge on any atom is -0.483 e. The number of H-pyrrole nitrogens is 1. The molecule has 0 aliphatic carbocycles. The number of carbonyl (C=O) groups is 2. The third-order valence-corrected chi connectivity index (χ3v) is 7.26. The number of aromatic nitrogens is 3. The van der Waals surface area contributed by atoms with Gasteiger partial charge >= 0.3 is 0 Å². The molecule has 2 amide bonds. The summed E-state index contributed by atoms with van der Waals surface area (Å²) in [5.41, 5.74) is 3.17. The maximum Gasteiger partial charge on any atom is 0.260 e. The van der Waals surface area contributed by atoms with Crippen molar-refractivity contribution in [2.45, 2.75) is 32.6 Å². The maximum absolute atomic E-state index is 12.9. The van der Waals surface area contributed by atoms with Crippen LogP contribution in [0.15, 0.2) is 36.4 Å². The molecule has 0 bridgehead atoms. The predicted molar refractivity (Wildman–Crippen MR) is 129 cm³/mol. The van der Waals surface area contributed by atoms with Gasteiger partial charge in [-0.3, -0.25) is 9.59 Å². The van der Waals surface area contributed by atoms with Gasteiger partial charge in [-0.25, -0.2) is 0 Å². The number of amides is 2. The van der Waals surface area contributed by atoms with Crippen LogP contribution in [-0.2, 0) is 4.79 Å². The molecular formula is C25H28ClN5O3. The van der Waals surface area contributed by atoms with Crippen LogP contribution in [0.1, 0.15) is 48.5 Å². The number of halogens is 1. The predicted octanol–water partition coefficient (Wildman–Crippen LogP) is 3.88. The fourth-order valence-corrected chi connectivity index (χ4v) is 5.12. The maximum atomic E-state index is 12.9. The molecule has 0 atom stereocenters. The number of ether oxygens (including phenoxy) is 1. The van der Waals surface area contributed by atoms with Gasteiger partial charge < -0.3 is 14.5 Å². The minimum atomic E-state index is -0.00678. The van der Waals surface area contributed by atoms with Crippen molar-refractivity contribution >= 4 is 34.4 Å². The minimum absolute atomic E-state index is 0.00678. The first kappa shape index (κ1) is 22.7. The fourth-order valence-electron chi connectivity index (χ4n) is 4.94. The van der Waals surface area contributed by atoms with E-state index in [-0.39, 0.29) is 29.8 Å². The highest BCUT2D eigenvalue weighted by atomic mass is 35.5. The molecule has 3 aromatic rings. The highest BCUT2D eigenvalue weighted by Crippen LogP contribution is 2.41. The Labute approximate surface area is 203 Å². The van der Waals surface area contributed by atoms with Crippen LogP contribution in [0.3, 0.4) is 0 Å². The summed E-state index contributed by atoms with van der Waals surface area (Å²) in [7, 11) is 0. The Kier molecular flexibility index (Phi) is 5.93. The number of rotatable bonds is 5. The van der Waals surface area contributed by atoms with Crippen LogP contribution >= 0.6 is 11.6 Å². The molecule has 2 fully saturated rings. The second-order valence-corrected chi connectivity index (χ2v) is 10.1. The number of aromatic amines is 1. The van der Waals surface area contributed by atoms with Gasteiger partial charge in [0.05, 0.1) is 0 Å². The van der Waals surface area contributed by atoms with Crippen molar-refractivity contribution in [1.82, 2.24) is 25.2 Å². The molecule has 1 aromatic heterocycles. The van der Waals surface area contributed by atoms with E-state index in [0.717, 1.165) is 37.0 Å². The Morgan fingerprint density at radius 3 is 2.53 bits per heavy atom. The van der Waals surface area contributed by atoms with Gasteiger partial charge in [-0.2, -0.15) is 15.4 Å². The van der Waals surface area contributed by atoms with Crippen LogP contribution < -0.4 is 4.74 Å². The molecule has 0 unspecified atom stereocenters. The van der Waals surface area contributed by atoms with E-state index in [4.69, 9.17) is 16.3 Å². The zero-order chi connectivity index (χ0) is 23.9. The summed E-state index contributed by atoms with van der Waals surface area (Å²) in [5, 5.41) is 11.3. The molecule has 178 valence electrons. The number of nitrogens with zero attached hydrogens (tertiary/aromatic N) is 4. The molecular weight excluding hydrogens is 454 g/mol. The Morgan fingerprint density at radius 2 is 1.79 bits per heavy atom. The monoisotopic (exact) mass is 481 g/mol. The zero-order valence-electron chi connectivity index (χ0n) is 19.4. The molecule has 2 aliphatic rings. The van der Waals surface area contributed by atoms with Crippen molar-refractivity contribution in [2.24, 2.45) is 5.41 Å². The lowest BCUT2D eigenvalue weighted by atomic mass is 9.71. The summed E-state index contributed by atoms with van der Waals surface area (Å²) >= 11 is 6.11. The summed E-state index contributed by atoms with van der Waals surface area (Å²) in [6, 6.07) is 10.9. The molecule has 8 nitrogen and oxygen atoms in total. The van der Waals surface area contributed by atoms with E-state index < -0.39 is 0 Å². The van der Waals surface area contributed by atoms with Crippen LogP contribution in [0.25, 0.3) is 11.0 Å². The van der Waals surface area contributed by atoms with E-state index >= 15 is 0 Å². The largest absolute Gasteiger partial charge is 0.483 e. The molecule has 3 heterocycles. The Morgan fingerprint density at radius 1 is 1.06 bits per heavy atom. The molecule has 1 N–H and O–H groups in total. The molecule has 5 rings (SSSR count). The van der Waals surface area contributed by atoms with E-state index in [0.29, 0.717) is 34.9 Å². The van der Waals surface area contributed by atoms with E-state index in [1.54, 1.807) is 18.2 Å². The van der Waals surface area contributed by atoms with Crippen molar-refractivity contribution in [1.29, 1.82) is 0 Å². The summed E-state index contributed by atoms with van der Waals surface area (Å²) in [4.78, 5) is 29.4. The summed E-state index contributed by atoms with van der Waals surface area (Å²) < 4.78 is 5.87. The number of likely N-dealkylation sites (tertiary alicyclic amines) is 2. The lowest BCUT2D eigenvalue weighted by Gasteiger charge is -2.54. The number of nitrogens with one attached hydrogen (secondary N) is 1. The summed E-state index contributed by atoms with van der Waals surface area (Å²) in [6.07, 6.45) is 1.78. The second-order valence-electron chi connectivity index (χ2n) is 9.69. The third-order valence-electron chi connectivity index (χ3n) is 7.02. The average Bonchev–Trinajstić information content (AvgIpc) is 3.29. The van der Waals surface area contributed by atoms with Gasteiger partial charge in [-0.05, 0) is 60.7 Å². The van der Waals surface area contributed by atoms with Gasteiger partial charge in [-0.1, -0.05) is 25.4 Å². The Bertz CT molecular complexity index is 1220. The number of hydrogen-bond acceptors (Lipinski definition) is 5. The van der Waals surface area contributed by atoms with Gasteiger partial charge in [0.1, 0.15) is 16.8 Å². The molecule has 1 spiro atoms. The van der Waals surface area contributed by atoms with Crippen molar-refractivity contribution < 1.29 is 14.3 Å². The second kappa shape index (κ2) is 8.91. The lowest BCUT2D eigenvalue weighted by molar-refractivity contribution is -0.137. The van der Waals surface area contributed by atoms with E-state index in [1.165, 1.54) is 0 Å². The first-order valence-electron chi connectivity index (χ1n) is 11.6. The number of benzene rings is 2. The van der Waals surface area contributed by atoms with Crippen LogP contribution in [-0.4, -0.2) is 69.8 Å². The highest BCUT2D eigenvalue weighted by Gasteiger charge is 2.47. The van der Waals surface area contributed by atoms with Crippen molar-refractivity contribution in [2.75, 3.05) is 32.8 Å². The van der Waals surface area contributed by atoms with Crippen LogP contribution in [0.2, 0.25) is 5.02 Å². The quantitative estimate of drug-likeness (QED) is 0.597. The summed E-state index contributed by atoms with van der Waals surface area (Å²) in [6.45, 7) is 6.99. The first-order valence-corrected chi connectivity index (χ1v) is 12.0. The van der Waals surface area contributed by atoms with Gasteiger partial charge in [0.25, 0.3) is 11.8 Å². The molecule has 34 heavy (non-hydrogen) atoms. The van der Waals surface area contributed by atoms with Gasteiger partial charge in [0, 0.05) is 42.2 Å². The van der Waals surface area contributed by atoms with Crippen LogP contribution in [0.4, 0.5) is 0 Å². The molecule has 0 saturated carbocycles. The van der Waals surface area contributed by atoms with Gasteiger partial charge in [0.15, 0.2) is 6.61 Å². The molecule has 2 aromatic carbocycles. The molecule has 0 radical (unpaired) electrons. The average molecular weight is 482 g/mol. The van der Waals surface area contributed by atoms with Crippen LogP contribution in [0.5, 0.6) is 5.75 Å². The van der Waals surface area contributed by atoms with Gasteiger partial charge in [-0.15, -0.1) is 0 Å². The zero-order valence-corrected chi connectivity index (χ0v) is 20.1. The van der Waals surface area contributed by atoms with Crippen molar-refractivity contribution in [3.8, 4) is 5.75 Å². The molecule has 9 heteroatoms. The van der Waals surface area contributed by atoms with Crippen molar-refractivity contribution in [3.63, 3.8) is 0 Å². The topological polar surface area (TPSA) is 91.4 Å². The third kappa shape index (κ3) is 4.34. The lowest BCUT2D eigenvalue weighted by Crippen LogP contribution is -2.62. The first-order chi connectivity index (χ1) is 16.3. The number of carbonyl (C=O) groups excluding carboxylic acids is 2. The van der Waals surface area contributed by atoms with E-state index in [9.17, 15) is 9.59 Å². The van der Waals surface area contributed by atoms with E-state index in [2.05, 4.69) is 29.3 Å². The SMILES string of the molecule is CC(C)c1cc(Cl)ccc1OCC(=O)N1CCC2(CC1)CN(C(=O)c1ccc3n[nH]nc3c1)C2.